The largest absolute Gasteiger partial charge is 0.470 e. The van der Waals surface area contributed by atoms with Gasteiger partial charge in [0.2, 0.25) is 0 Å². The number of ether oxygens (including phenoxy) is 2. The molecule has 2 aromatic carbocycles. The molecule has 0 aliphatic carbocycles. The summed E-state index contributed by atoms with van der Waals surface area (Å²) in [5.41, 5.74) is 3.76. The van der Waals surface area contributed by atoms with Gasteiger partial charge in [0.15, 0.2) is 0 Å². The number of nitrogens with zero attached hydrogens (tertiary/aromatic N) is 2. The van der Waals surface area contributed by atoms with Gasteiger partial charge in [-0.2, -0.15) is 0 Å². The lowest BCUT2D eigenvalue weighted by Gasteiger charge is -2.31. The van der Waals surface area contributed by atoms with Gasteiger partial charge < -0.3 is 39.7 Å². The minimum absolute atomic E-state index is 0.0281. The zero-order valence-electron chi connectivity index (χ0n) is 29.6. The van der Waals surface area contributed by atoms with Gasteiger partial charge in [-0.1, -0.05) is 51.5 Å². The fourth-order valence-corrected chi connectivity index (χ4v) is 5.62. The molecule has 0 spiro atoms. The molecule has 0 saturated heterocycles. The normalized spacial score (nSPS) is 12.7. The van der Waals surface area contributed by atoms with Gasteiger partial charge in [0.1, 0.15) is 12.6 Å². The Morgan fingerprint density at radius 1 is 0.898 bits per heavy atom. The lowest BCUT2D eigenvalue weighted by Crippen LogP contribution is -2.39. The number of urea groups is 1. The summed E-state index contributed by atoms with van der Waals surface area (Å²) in [6.07, 6.45) is -1.30. The molecule has 2 atom stereocenters. The van der Waals surface area contributed by atoms with Crippen LogP contribution in [-0.2, 0) is 32.9 Å². The highest BCUT2D eigenvalue weighted by molar-refractivity contribution is 7.46. The maximum Gasteiger partial charge on any atom is 0.470 e. The minimum Gasteiger partial charge on any atom is -0.469 e. The summed E-state index contributed by atoms with van der Waals surface area (Å²) >= 11 is 0. The molecule has 0 unspecified atom stereocenters. The van der Waals surface area contributed by atoms with E-state index in [1.54, 1.807) is 0 Å². The maximum atomic E-state index is 13.2. The Morgan fingerprint density at radius 2 is 1.51 bits per heavy atom. The molecule has 0 saturated carbocycles. The monoisotopic (exact) mass is 706 g/mol. The molecular formula is C34H51N4O10P. The number of hydrogen-bond donors (Lipinski definition) is 4. The molecule has 2 rings (SSSR count). The van der Waals surface area contributed by atoms with Gasteiger partial charge in [0.05, 0.1) is 31.5 Å². The summed E-state index contributed by atoms with van der Waals surface area (Å²) in [4.78, 5) is 71.6. The van der Waals surface area contributed by atoms with Crippen molar-refractivity contribution in [2.24, 2.45) is 11.8 Å². The van der Waals surface area contributed by atoms with Gasteiger partial charge in [0, 0.05) is 25.8 Å². The van der Waals surface area contributed by atoms with E-state index in [1.807, 2.05) is 49.4 Å². The van der Waals surface area contributed by atoms with Gasteiger partial charge in [-0.15, -0.1) is 0 Å². The van der Waals surface area contributed by atoms with Crippen LogP contribution in [0, 0.1) is 18.8 Å². The molecule has 15 heteroatoms. The summed E-state index contributed by atoms with van der Waals surface area (Å²) < 4.78 is 25.7. The standard InChI is InChI=1S/C34H51N4O10P/c1-22(2)19-38(20-23(3)4)30-14-11-26(17-29(30)36-34(42)35-28-12-9-24(5)10-13-28)27(18-31(39)46-8)15-16-47-32(40)21-37(7)33(41)25(6)48-49(43,44)45/h9-14,17,22-23,25,27H,15-16,18-21H2,1-8H3,(H2,35,36,42)(H2,43,44,45)/t25-,27-/m0/s1. The Hall–Kier alpha value is -3.97. The zero-order chi connectivity index (χ0) is 36.9. The number of carbonyl (C=O) groups excluding carboxylic acids is 4. The zero-order valence-corrected chi connectivity index (χ0v) is 30.5. The van der Waals surface area contributed by atoms with Crippen LogP contribution in [0.25, 0.3) is 0 Å². The van der Waals surface area contributed by atoms with E-state index in [0.717, 1.165) is 36.2 Å². The number of rotatable bonds is 18. The fourth-order valence-electron chi connectivity index (χ4n) is 5.12. The van der Waals surface area contributed by atoms with Crippen LogP contribution in [0.4, 0.5) is 21.9 Å². The summed E-state index contributed by atoms with van der Waals surface area (Å²) in [5, 5.41) is 5.87. The van der Waals surface area contributed by atoms with Crippen molar-refractivity contribution in [3.63, 3.8) is 0 Å². The van der Waals surface area contributed by atoms with Crippen molar-refractivity contribution in [1.82, 2.24) is 4.90 Å². The number of phosphoric ester groups is 1. The molecule has 0 aliphatic rings. The molecule has 272 valence electrons. The van der Waals surface area contributed by atoms with Crippen LogP contribution < -0.4 is 15.5 Å². The van der Waals surface area contributed by atoms with Crippen LogP contribution in [-0.4, -0.2) is 85.1 Å². The Kier molecular flexibility index (Phi) is 16.2. The molecule has 0 fully saturated rings. The summed E-state index contributed by atoms with van der Waals surface area (Å²) in [6, 6.07) is 12.6. The first kappa shape index (κ1) is 41.2. The van der Waals surface area contributed by atoms with Crippen LogP contribution in [0.2, 0.25) is 0 Å². The van der Waals surface area contributed by atoms with Crippen LogP contribution in [0.1, 0.15) is 64.5 Å². The number of anilines is 3. The summed E-state index contributed by atoms with van der Waals surface area (Å²) in [7, 11) is -2.35. The van der Waals surface area contributed by atoms with E-state index < -0.39 is 50.3 Å². The first-order valence-corrected chi connectivity index (χ1v) is 17.7. The second kappa shape index (κ2) is 19.3. The molecule has 0 heterocycles. The van der Waals surface area contributed by atoms with Gasteiger partial charge >= 0.3 is 25.8 Å². The molecule has 0 radical (unpaired) electrons. The SMILES string of the molecule is COC(=O)C[C@H](CCOC(=O)CN(C)C(=O)[C@H](C)OP(=O)(O)O)c1ccc(N(CC(C)C)CC(C)C)c(NC(=O)Nc2ccc(C)cc2)c1. The number of carbonyl (C=O) groups is 4. The molecule has 0 aromatic heterocycles. The smallest absolute Gasteiger partial charge is 0.469 e. The topological polar surface area (TPSA) is 184 Å². The molecule has 0 aliphatic heterocycles. The average molecular weight is 707 g/mol. The molecule has 3 amide bonds. The van der Waals surface area contributed by atoms with Crippen LogP contribution in [0.5, 0.6) is 0 Å². The Morgan fingerprint density at radius 3 is 2.06 bits per heavy atom. The third-order valence-corrected chi connectivity index (χ3v) is 7.91. The Bertz CT molecular complexity index is 1450. The number of likely N-dealkylation sites (N-methyl/N-ethyl adjacent to an activating group) is 1. The van der Waals surface area contributed by atoms with Crippen molar-refractivity contribution < 1.29 is 47.5 Å². The number of amides is 3. The van der Waals surface area contributed by atoms with Crippen molar-refractivity contribution >= 4 is 48.8 Å². The highest BCUT2D eigenvalue weighted by Crippen LogP contribution is 2.38. The Balaban J connectivity index is 2.32. The van der Waals surface area contributed by atoms with Crippen molar-refractivity contribution in [2.45, 2.75) is 66.4 Å². The minimum atomic E-state index is -4.90. The van der Waals surface area contributed by atoms with Crippen molar-refractivity contribution in [2.75, 3.05) is 55.9 Å². The van der Waals surface area contributed by atoms with Crippen LogP contribution in [0.15, 0.2) is 42.5 Å². The van der Waals surface area contributed by atoms with Gasteiger partial charge in [-0.25, -0.2) is 9.36 Å². The first-order valence-electron chi connectivity index (χ1n) is 16.1. The molecule has 0 bridgehead atoms. The number of phosphoric acid groups is 1. The quantitative estimate of drug-likeness (QED) is 0.117. The number of esters is 2. The maximum absolute atomic E-state index is 13.2. The third-order valence-electron chi connectivity index (χ3n) is 7.32. The lowest BCUT2D eigenvalue weighted by atomic mass is 9.91. The molecule has 49 heavy (non-hydrogen) atoms. The lowest BCUT2D eigenvalue weighted by molar-refractivity contribution is -0.150. The Labute approximate surface area is 288 Å². The third kappa shape index (κ3) is 15.0. The number of nitrogens with one attached hydrogen (secondary N) is 2. The number of methoxy groups -OCH3 is 1. The average Bonchev–Trinajstić information content (AvgIpc) is 2.99. The molecule has 14 nitrogen and oxygen atoms in total. The summed E-state index contributed by atoms with van der Waals surface area (Å²) in [5.74, 6) is -1.85. The molecular weight excluding hydrogens is 655 g/mol. The molecule has 2 aromatic rings. The van der Waals surface area contributed by atoms with Gasteiger partial charge in [-0.3, -0.25) is 18.9 Å². The van der Waals surface area contributed by atoms with E-state index in [0.29, 0.717) is 28.8 Å². The molecule has 4 N–H and O–H groups in total. The van der Waals surface area contributed by atoms with E-state index in [4.69, 9.17) is 19.3 Å². The van der Waals surface area contributed by atoms with Gasteiger partial charge in [-0.05, 0) is 67.9 Å². The number of aryl methyl sites for hydroxylation is 1. The summed E-state index contributed by atoms with van der Waals surface area (Å²) in [6.45, 7) is 12.5. The number of benzene rings is 2. The first-order chi connectivity index (χ1) is 22.9. The van der Waals surface area contributed by atoms with E-state index in [1.165, 1.54) is 14.2 Å². The van der Waals surface area contributed by atoms with Crippen molar-refractivity contribution in [3.05, 3.63) is 53.6 Å². The number of hydrogen-bond acceptors (Lipinski definition) is 9. The van der Waals surface area contributed by atoms with E-state index in [2.05, 4.69) is 47.8 Å². The van der Waals surface area contributed by atoms with Crippen LogP contribution >= 0.6 is 7.82 Å². The van der Waals surface area contributed by atoms with Crippen LogP contribution in [0.3, 0.4) is 0 Å². The highest BCUT2D eigenvalue weighted by Gasteiger charge is 2.28. The predicted octanol–water partition coefficient (Wildman–Crippen LogP) is 5.29. The van der Waals surface area contributed by atoms with E-state index in [9.17, 15) is 23.7 Å². The van der Waals surface area contributed by atoms with Crippen molar-refractivity contribution in [3.8, 4) is 0 Å². The predicted molar refractivity (Wildman–Crippen MR) is 187 cm³/mol. The second-order valence-corrected chi connectivity index (χ2v) is 14.0. The van der Waals surface area contributed by atoms with Crippen molar-refractivity contribution in [1.29, 1.82) is 0 Å². The highest BCUT2D eigenvalue weighted by atomic mass is 31.2. The van der Waals surface area contributed by atoms with Gasteiger partial charge in [0.25, 0.3) is 5.91 Å². The van der Waals surface area contributed by atoms with E-state index >= 15 is 0 Å². The second-order valence-electron chi connectivity index (χ2n) is 12.8. The fraction of sp³-hybridized carbons (Fsp3) is 0.529. The van der Waals surface area contributed by atoms with E-state index in [-0.39, 0.29) is 19.4 Å².